The van der Waals surface area contributed by atoms with Gasteiger partial charge >= 0.3 is 5.97 Å². The largest absolute Gasteiger partial charge is 0.478 e. The monoisotopic (exact) mass is 167 g/mol. The maximum atomic E-state index is 10.3. The molecular formula is C9H13NO2. The van der Waals surface area contributed by atoms with Crippen LogP contribution in [0.3, 0.4) is 0 Å². The highest BCUT2D eigenvalue weighted by Gasteiger charge is 2.10. The topological polar surface area (TPSA) is 49.3 Å². The Bertz CT molecular complexity index is 213. The fourth-order valence-electron chi connectivity index (χ4n) is 1.13. The minimum absolute atomic E-state index is 0.224. The van der Waals surface area contributed by atoms with Gasteiger partial charge in [-0.1, -0.05) is 18.7 Å². The fourth-order valence-corrected chi connectivity index (χ4v) is 1.13. The molecule has 0 amide bonds. The van der Waals surface area contributed by atoms with Gasteiger partial charge in [0.05, 0.1) is 0 Å². The molecule has 0 atom stereocenters. The van der Waals surface area contributed by atoms with Gasteiger partial charge in [-0.25, -0.2) is 4.79 Å². The zero-order valence-corrected chi connectivity index (χ0v) is 6.92. The minimum atomic E-state index is -0.923. The van der Waals surface area contributed by atoms with Crippen LogP contribution in [0.5, 0.6) is 0 Å². The van der Waals surface area contributed by atoms with Crippen LogP contribution >= 0.6 is 0 Å². The molecule has 0 fully saturated rings. The standard InChI is InChI=1S/C9H13NO2/c1-7(9(11)12)6-10-8-4-2-3-5-8/h2-3,8,10H,1,4-6H2,(H,11,12). The first kappa shape index (κ1) is 9.00. The van der Waals surface area contributed by atoms with Crippen LogP contribution in [0.25, 0.3) is 0 Å². The summed E-state index contributed by atoms with van der Waals surface area (Å²) < 4.78 is 0. The Labute approximate surface area is 71.8 Å². The van der Waals surface area contributed by atoms with Crippen LogP contribution in [0.15, 0.2) is 24.3 Å². The predicted molar refractivity (Wildman–Crippen MR) is 46.9 cm³/mol. The van der Waals surface area contributed by atoms with Crippen molar-refractivity contribution >= 4 is 5.97 Å². The molecule has 1 rings (SSSR count). The predicted octanol–water partition coefficient (Wildman–Crippen LogP) is 0.935. The van der Waals surface area contributed by atoms with Gasteiger partial charge in [-0.3, -0.25) is 0 Å². The van der Waals surface area contributed by atoms with Crippen LogP contribution in [-0.4, -0.2) is 23.7 Å². The molecule has 2 N–H and O–H groups in total. The Morgan fingerprint density at radius 1 is 1.58 bits per heavy atom. The highest BCUT2D eigenvalue weighted by molar-refractivity contribution is 5.86. The molecule has 0 unspecified atom stereocenters. The maximum Gasteiger partial charge on any atom is 0.332 e. The van der Waals surface area contributed by atoms with Crippen molar-refractivity contribution in [3.05, 3.63) is 24.3 Å². The summed E-state index contributed by atoms with van der Waals surface area (Å²) in [6, 6.07) is 0.404. The molecule has 3 nitrogen and oxygen atoms in total. The number of rotatable bonds is 4. The molecule has 0 aromatic heterocycles. The van der Waals surface area contributed by atoms with E-state index >= 15 is 0 Å². The average Bonchev–Trinajstić information content (AvgIpc) is 2.51. The summed E-state index contributed by atoms with van der Waals surface area (Å²) in [5.74, 6) is -0.923. The van der Waals surface area contributed by atoms with Gasteiger partial charge in [-0.05, 0) is 12.8 Å². The van der Waals surface area contributed by atoms with Gasteiger partial charge in [0.15, 0.2) is 0 Å². The van der Waals surface area contributed by atoms with Gasteiger partial charge in [0.1, 0.15) is 0 Å². The Balaban J connectivity index is 2.17. The summed E-state index contributed by atoms with van der Waals surface area (Å²) in [6.07, 6.45) is 6.18. The molecule has 0 spiro atoms. The summed E-state index contributed by atoms with van der Waals surface area (Å²) in [5, 5.41) is 11.6. The highest BCUT2D eigenvalue weighted by Crippen LogP contribution is 2.08. The van der Waals surface area contributed by atoms with E-state index in [1.54, 1.807) is 0 Å². The van der Waals surface area contributed by atoms with Crippen molar-refractivity contribution in [1.82, 2.24) is 5.32 Å². The molecule has 1 aliphatic rings. The third kappa shape index (κ3) is 2.51. The smallest absolute Gasteiger partial charge is 0.332 e. The SMILES string of the molecule is C=C(CNC1CC=CC1)C(=O)O. The summed E-state index contributed by atoms with van der Waals surface area (Å²) in [5.41, 5.74) is 0.224. The second kappa shape index (κ2) is 4.07. The maximum absolute atomic E-state index is 10.3. The lowest BCUT2D eigenvalue weighted by Crippen LogP contribution is -2.29. The number of hydrogen-bond acceptors (Lipinski definition) is 2. The second-order valence-corrected chi connectivity index (χ2v) is 2.93. The molecule has 1 aliphatic carbocycles. The first-order valence-corrected chi connectivity index (χ1v) is 3.99. The first-order valence-electron chi connectivity index (χ1n) is 3.99. The Morgan fingerprint density at radius 3 is 2.67 bits per heavy atom. The molecule has 0 aromatic rings. The van der Waals surface area contributed by atoms with Gasteiger partial charge in [0, 0.05) is 18.2 Å². The quantitative estimate of drug-likeness (QED) is 0.484. The molecule has 3 heteroatoms. The average molecular weight is 167 g/mol. The molecule has 0 aromatic carbocycles. The Morgan fingerprint density at radius 2 is 2.17 bits per heavy atom. The molecule has 0 radical (unpaired) electrons. The molecule has 0 heterocycles. The Hall–Kier alpha value is -1.09. The van der Waals surface area contributed by atoms with E-state index < -0.39 is 5.97 Å². The van der Waals surface area contributed by atoms with E-state index in [-0.39, 0.29) is 5.57 Å². The molecule has 0 bridgehead atoms. The number of hydrogen-bond donors (Lipinski definition) is 2. The lowest BCUT2D eigenvalue weighted by molar-refractivity contribution is -0.132. The zero-order chi connectivity index (χ0) is 8.97. The van der Waals surface area contributed by atoms with Crippen LogP contribution in [0, 0.1) is 0 Å². The van der Waals surface area contributed by atoms with Gasteiger partial charge in [-0.2, -0.15) is 0 Å². The van der Waals surface area contributed by atoms with Gasteiger partial charge in [0.2, 0.25) is 0 Å². The van der Waals surface area contributed by atoms with E-state index in [1.807, 2.05) is 0 Å². The van der Waals surface area contributed by atoms with Crippen LogP contribution < -0.4 is 5.32 Å². The fraction of sp³-hybridized carbons (Fsp3) is 0.444. The highest BCUT2D eigenvalue weighted by atomic mass is 16.4. The second-order valence-electron chi connectivity index (χ2n) is 2.93. The van der Waals surface area contributed by atoms with E-state index in [1.165, 1.54) is 0 Å². The van der Waals surface area contributed by atoms with Crippen LogP contribution in [0.1, 0.15) is 12.8 Å². The van der Waals surface area contributed by atoms with Crippen molar-refractivity contribution < 1.29 is 9.90 Å². The lowest BCUT2D eigenvalue weighted by atomic mass is 10.2. The third-order valence-corrected chi connectivity index (χ3v) is 1.91. The lowest BCUT2D eigenvalue weighted by Gasteiger charge is -2.10. The number of nitrogens with one attached hydrogen (secondary N) is 1. The van der Waals surface area contributed by atoms with E-state index in [2.05, 4.69) is 24.0 Å². The normalized spacial score (nSPS) is 16.7. The van der Waals surface area contributed by atoms with Crippen molar-refractivity contribution in [2.24, 2.45) is 0 Å². The molecular weight excluding hydrogens is 154 g/mol. The number of carboxylic acid groups (broad SMARTS) is 1. The molecule has 12 heavy (non-hydrogen) atoms. The summed E-state index contributed by atoms with van der Waals surface area (Å²) in [6.45, 7) is 3.81. The van der Waals surface area contributed by atoms with E-state index in [0.29, 0.717) is 12.6 Å². The molecule has 0 aliphatic heterocycles. The molecule has 0 saturated heterocycles. The van der Waals surface area contributed by atoms with Crippen molar-refractivity contribution in [3.63, 3.8) is 0 Å². The van der Waals surface area contributed by atoms with Gasteiger partial charge in [0.25, 0.3) is 0 Å². The van der Waals surface area contributed by atoms with Gasteiger partial charge < -0.3 is 10.4 Å². The molecule has 0 saturated carbocycles. The third-order valence-electron chi connectivity index (χ3n) is 1.91. The van der Waals surface area contributed by atoms with Crippen molar-refractivity contribution in [2.75, 3.05) is 6.54 Å². The first-order chi connectivity index (χ1) is 5.70. The number of carboxylic acids is 1. The number of carbonyl (C=O) groups is 1. The van der Waals surface area contributed by atoms with Crippen molar-refractivity contribution in [3.8, 4) is 0 Å². The number of aliphatic carboxylic acids is 1. The van der Waals surface area contributed by atoms with E-state index in [0.717, 1.165) is 12.8 Å². The van der Waals surface area contributed by atoms with Crippen LogP contribution in [-0.2, 0) is 4.79 Å². The van der Waals surface area contributed by atoms with Gasteiger partial charge in [-0.15, -0.1) is 0 Å². The van der Waals surface area contributed by atoms with Crippen LogP contribution in [0.4, 0.5) is 0 Å². The summed E-state index contributed by atoms with van der Waals surface area (Å²) >= 11 is 0. The zero-order valence-electron chi connectivity index (χ0n) is 6.92. The van der Waals surface area contributed by atoms with E-state index in [4.69, 9.17) is 5.11 Å². The van der Waals surface area contributed by atoms with Crippen LogP contribution in [0.2, 0.25) is 0 Å². The minimum Gasteiger partial charge on any atom is -0.478 e. The Kier molecular flexibility index (Phi) is 3.05. The summed E-state index contributed by atoms with van der Waals surface area (Å²) in [4.78, 5) is 10.3. The van der Waals surface area contributed by atoms with Crippen molar-refractivity contribution in [2.45, 2.75) is 18.9 Å². The molecule has 66 valence electrons. The van der Waals surface area contributed by atoms with E-state index in [9.17, 15) is 4.79 Å². The summed E-state index contributed by atoms with van der Waals surface area (Å²) in [7, 11) is 0. The van der Waals surface area contributed by atoms with Crippen molar-refractivity contribution in [1.29, 1.82) is 0 Å².